The summed E-state index contributed by atoms with van der Waals surface area (Å²) < 4.78 is 25.6. The second-order valence-corrected chi connectivity index (χ2v) is 4.00. The maximum atomic E-state index is 12.9. The van der Waals surface area contributed by atoms with E-state index in [1.165, 1.54) is 12.1 Å². The average Bonchev–Trinajstić information content (AvgIpc) is 2.30. The molecule has 1 aromatic rings. The van der Waals surface area contributed by atoms with Crippen molar-refractivity contribution in [2.45, 2.75) is 6.42 Å². The molecule has 0 saturated carbocycles. The molecule has 0 heterocycles. The molecule has 0 aliphatic carbocycles. The minimum atomic E-state index is -0.982. The Bertz CT molecular complexity index is 447. The number of hydrogen-bond acceptors (Lipinski definition) is 2. The van der Waals surface area contributed by atoms with Gasteiger partial charge in [0, 0.05) is 19.2 Å². The first kappa shape index (κ1) is 14.3. The third-order valence-corrected chi connectivity index (χ3v) is 2.44. The number of benzene rings is 1. The van der Waals surface area contributed by atoms with Gasteiger partial charge in [-0.2, -0.15) is 0 Å². The number of halogens is 2. The van der Waals surface area contributed by atoms with E-state index < -0.39 is 17.6 Å². The standard InChI is InChI=1S/C13H15F2NO2/c1-16(7-2-3-13(17)18)8-6-10-4-5-11(14)12(15)9-10/h2-5,9H,6-8H2,1H3,(H,17,18)/b3-2+. The average molecular weight is 255 g/mol. The topological polar surface area (TPSA) is 40.5 Å². The third kappa shape index (κ3) is 5.05. The molecule has 0 bridgehead atoms. The number of rotatable bonds is 6. The Hall–Kier alpha value is -1.75. The van der Waals surface area contributed by atoms with E-state index in [9.17, 15) is 13.6 Å². The van der Waals surface area contributed by atoms with Gasteiger partial charge in [0.05, 0.1) is 0 Å². The van der Waals surface area contributed by atoms with E-state index in [0.29, 0.717) is 25.1 Å². The quantitative estimate of drug-likeness (QED) is 0.791. The summed E-state index contributed by atoms with van der Waals surface area (Å²) in [5.74, 6) is -2.68. The molecule has 0 aromatic heterocycles. The number of carbonyl (C=O) groups is 1. The Morgan fingerprint density at radius 1 is 1.39 bits per heavy atom. The summed E-state index contributed by atoms with van der Waals surface area (Å²) in [5.41, 5.74) is 0.711. The van der Waals surface area contributed by atoms with Crippen molar-refractivity contribution in [3.05, 3.63) is 47.5 Å². The molecule has 98 valence electrons. The number of likely N-dealkylation sites (N-methyl/N-ethyl adjacent to an activating group) is 1. The van der Waals surface area contributed by atoms with Gasteiger partial charge in [-0.15, -0.1) is 0 Å². The summed E-state index contributed by atoms with van der Waals surface area (Å²) in [6.45, 7) is 1.13. The molecule has 0 fully saturated rings. The van der Waals surface area contributed by atoms with E-state index in [1.807, 2.05) is 11.9 Å². The van der Waals surface area contributed by atoms with E-state index in [1.54, 1.807) is 6.07 Å². The van der Waals surface area contributed by atoms with Crippen LogP contribution in [0.4, 0.5) is 8.78 Å². The lowest BCUT2D eigenvalue weighted by atomic mass is 10.1. The number of nitrogens with zero attached hydrogens (tertiary/aromatic N) is 1. The van der Waals surface area contributed by atoms with Crippen molar-refractivity contribution in [3.63, 3.8) is 0 Å². The lowest BCUT2D eigenvalue weighted by Crippen LogP contribution is -2.21. The molecule has 0 unspecified atom stereocenters. The SMILES string of the molecule is CN(C/C=C/C(=O)O)CCc1ccc(F)c(F)c1. The largest absolute Gasteiger partial charge is 0.478 e. The molecule has 0 aliphatic rings. The number of carboxylic acid groups (broad SMARTS) is 1. The Labute approximate surface area is 104 Å². The normalized spacial score (nSPS) is 11.3. The van der Waals surface area contributed by atoms with Gasteiger partial charge in [0.15, 0.2) is 11.6 Å². The third-order valence-electron chi connectivity index (χ3n) is 2.44. The highest BCUT2D eigenvalue weighted by molar-refractivity contribution is 5.79. The fraction of sp³-hybridized carbons (Fsp3) is 0.308. The van der Waals surface area contributed by atoms with Gasteiger partial charge in [-0.25, -0.2) is 13.6 Å². The van der Waals surface area contributed by atoms with Gasteiger partial charge in [-0.1, -0.05) is 12.1 Å². The van der Waals surface area contributed by atoms with Gasteiger partial charge in [-0.05, 0) is 31.2 Å². The molecule has 0 atom stereocenters. The van der Waals surface area contributed by atoms with Crippen LogP contribution in [0.25, 0.3) is 0 Å². The van der Waals surface area contributed by atoms with Gasteiger partial charge in [-0.3, -0.25) is 0 Å². The van der Waals surface area contributed by atoms with Gasteiger partial charge in [0.2, 0.25) is 0 Å². The molecule has 3 nitrogen and oxygen atoms in total. The van der Waals surface area contributed by atoms with Crippen LogP contribution in [0.15, 0.2) is 30.4 Å². The number of hydrogen-bond donors (Lipinski definition) is 1. The van der Waals surface area contributed by atoms with Crippen LogP contribution in [-0.2, 0) is 11.2 Å². The van der Waals surface area contributed by atoms with Crippen LogP contribution >= 0.6 is 0 Å². The van der Waals surface area contributed by atoms with Gasteiger partial charge >= 0.3 is 5.97 Å². The molecule has 0 amide bonds. The molecule has 0 spiro atoms. The van der Waals surface area contributed by atoms with Crippen LogP contribution in [0.3, 0.4) is 0 Å². The Balaban J connectivity index is 2.40. The maximum Gasteiger partial charge on any atom is 0.328 e. The zero-order chi connectivity index (χ0) is 13.5. The predicted octanol–water partition coefficient (Wildman–Crippen LogP) is 2.08. The monoisotopic (exact) mass is 255 g/mol. The number of aliphatic carboxylic acids is 1. The summed E-state index contributed by atoms with van der Waals surface area (Å²) >= 11 is 0. The Kier molecular flexibility index (Phi) is 5.45. The van der Waals surface area contributed by atoms with Crippen LogP contribution in [0.5, 0.6) is 0 Å². The highest BCUT2D eigenvalue weighted by atomic mass is 19.2. The number of carboxylic acids is 1. The van der Waals surface area contributed by atoms with Crippen molar-refractivity contribution >= 4 is 5.97 Å². The lowest BCUT2D eigenvalue weighted by Gasteiger charge is -2.13. The smallest absolute Gasteiger partial charge is 0.328 e. The zero-order valence-electron chi connectivity index (χ0n) is 10.1. The molecule has 1 N–H and O–H groups in total. The van der Waals surface area contributed by atoms with Gasteiger partial charge in [0.1, 0.15) is 0 Å². The first-order chi connectivity index (χ1) is 8.49. The molecular formula is C13H15F2NO2. The lowest BCUT2D eigenvalue weighted by molar-refractivity contribution is -0.131. The van der Waals surface area contributed by atoms with Crippen LogP contribution < -0.4 is 0 Å². The second kappa shape index (κ2) is 6.86. The van der Waals surface area contributed by atoms with E-state index >= 15 is 0 Å². The van der Waals surface area contributed by atoms with E-state index in [4.69, 9.17) is 5.11 Å². The summed E-state index contributed by atoms with van der Waals surface area (Å²) in [7, 11) is 1.83. The molecule has 5 heteroatoms. The molecule has 0 saturated heterocycles. The highest BCUT2D eigenvalue weighted by Crippen LogP contribution is 2.09. The molecular weight excluding hydrogens is 240 g/mol. The molecule has 0 aliphatic heterocycles. The predicted molar refractivity (Wildman–Crippen MR) is 64.3 cm³/mol. The molecule has 0 radical (unpaired) electrons. The van der Waals surface area contributed by atoms with Crippen LogP contribution in [0.1, 0.15) is 5.56 Å². The molecule has 1 rings (SSSR count). The highest BCUT2D eigenvalue weighted by Gasteiger charge is 2.03. The Morgan fingerprint density at radius 2 is 2.11 bits per heavy atom. The van der Waals surface area contributed by atoms with Crippen LogP contribution in [-0.4, -0.2) is 36.1 Å². The van der Waals surface area contributed by atoms with Crippen LogP contribution in [0.2, 0.25) is 0 Å². The molecule has 1 aromatic carbocycles. The summed E-state index contributed by atoms with van der Waals surface area (Å²) in [5, 5.41) is 8.41. The maximum absolute atomic E-state index is 12.9. The van der Waals surface area contributed by atoms with Crippen molar-refractivity contribution in [2.75, 3.05) is 20.1 Å². The second-order valence-electron chi connectivity index (χ2n) is 4.00. The van der Waals surface area contributed by atoms with E-state index in [-0.39, 0.29) is 0 Å². The first-order valence-electron chi connectivity index (χ1n) is 5.51. The minimum absolute atomic E-state index is 0.496. The van der Waals surface area contributed by atoms with Crippen LogP contribution in [0, 0.1) is 11.6 Å². The molecule has 18 heavy (non-hydrogen) atoms. The van der Waals surface area contributed by atoms with Crippen molar-refractivity contribution in [1.29, 1.82) is 0 Å². The summed E-state index contributed by atoms with van der Waals surface area (Å²) in [4.78, 5) is 12.1. The summed E-state index contributed by atoms with van der Waals surface area (Å²) in [6.07, 6.45) is 3.19. The summed E-state index contributed by atoms with van der Waals surface area (Å²) in [6, 6.07) is 3.82. The zero-order valence-corrected chi connectivity index (χ0v) is 10.1. The Morgan fingerprint density at radius 3 is 2.72 bits per heavy atom. The van der Waals surface area contributed by atoms with E-state index in [2.05, 4.69) is 0 Å². The minimum Gasteiger partial charge on any atom is -0.478 e. The van der Waals surface area contributed by atoms with Crippen molar-refractivity contribution < 1.29 is 18.7 Å². The van der Waals surface area contributed by atoms with Crippen molar-refractivity contribution in [3.8, 4) is 0 Å². The fourth-order valence-corrected chi connectivity index (χ4v) is 1.44. The van der Waals surface area contributed by atoms with Crippen molar-refractivity contribution in [2.24, 2.45) is 0 Å². The van der Waals surface area contributed by atoms with E-state index in [0.717, 1.165) is 12.1 Å². The fourth-order valence-electron chi connectivity index (χ4n) is 1.44. The van der Waals surface area contributed by atoms with Gasteiger partial charge < -0.3 is 10.0 Å². The van der Waals surface area contributed by atoms with Crippen molar-refractivity contribution in [1.82, 2.24) is 4.90 Å². The van der Waals surface area contributed by atoms with Gasteiger partial charge in [0.25, 0.3) is 0 Å². The first-order valence-corrected chi connectivity index (χ1v) is 5.51.